The lowest BCUT2D eigenvalue weighted by Crippen LogP contribution is -2.43. The van der Waals surface area contributed by atoms with Crippen molar-refractivity contribution in [1.29, 1.82) is 0 Å². The summed E-state index contributed by atoms with van der Waals surface area (Å²) < 4.78 is 5.62. The number of nitrogens with zero attached hydrogens (tertiary/aromatic N) is 3. The van der Waals surface area contributed by atoms with Crippen molar-refractivity contribution in [1.82, 2.24) is 20.4 Å². The van der Waals surface area contributed by atoms with Crippen molar-refractivity contribution in [3.8, 4) is 0 Å². The number of aliphatic imine (C=N–C) groups is 1. The average Bonchev–Trinajstić information content (AvgIpc) is 3.27. The van der Waals surface area contributed by atoms with Gasteiger partial charge in [-0.25, -0.2) is 0 Å². The first-order valence-corrected chi connectivity index (χ1v) is 8.54. The maximum Gasteiger partial charge on any atom is 0.223 e. The Morgan fingerprint density at radius 2 is 2.08 bits per heavy atom. The molecule has 1 fully saturated rings. The molecule has 142 valence electrons. The summed E-state index contributed by atoms with van der Waals surface area (Å²) >= 11 is 0. The molecule has 0 saturated carbocycles. The van der Waals surface area contributed by atoms with Crippen LogP contribution in [0.2, 0.25) is 0 Å². The number of amides is 1. The number of guanidine groups is 1. The second-order valence-corrected chi connectivity index (χ2v) is 6.19. The molecule has 1 aromatic heterocycles. The lowest BCUT2D eigenvalue weighted by Gasteiger charge is -2.26. The quantitative estimate of drug-likeness (QED) is 0.366. The van der Waals surface area contributed by atoms with E-state index in [1.165, 1.54) is 12.8 Å². The van der Waals surface area contributed by atoms with Crippen molar-refractivity contribution in [2.24, 2.45) is 4.99 Å². The van der Waals surface area contributed by atoms with Crippen LogP contribution in [0.4, 0.5) is 0 Å². The molecule has 1 aliphatic heterocycles. The lowest BCUT2D eigenvalue weighted by molar-refractivity contribution is -0.128. The second kappa shape index (κ2) is 11.3. The van der Waals surface area contributed by atoms with E-state index in [4.69, 9.17) is 4.42 Å². The molecular formula is C17H30IN5O2. The summed E-state index contributed by atoms with van der Waals surface area (Å²) in [6, 6.07) is 4.15. The monoisotopic (exact) mass is 463 g/mol. The molecular weight excluding hydrogens is 433 g/mol. The molecule has 1 saturated heterocycles. The second-order valence-electron chi connectivity index (χ2n) is 6.19. The summed E-state index contributed by atoms with van der Waals surface area (Å²) in [5, 5.41) is 6.54. The van der Waals surface area contributed by atoms with E-state index in [2.05, 4.69) is 20.5 Å². The van der Waals surface area contributed by atoms with Crippen molar-refractivity contribution in [3.63, 3.8) is 0 Å². The van der Waals surface area contributed by atoms with Crippen molar-refractivity contribution in [2.75, 3.05) is 47.3 Å². The highest BCUT2D eigenvalue weighted by atomic mass is 127. The summed E-state index contributed by atoms with van der Waals surface area (Å²) in [5.74, 6) is 1.78. The maximum absolute atomic E-state index is 11.6. The molecule has 25 heavy (non-hydrogen) atoms. The van der Waals surface area contributed by atoms with Gasteiger partial charge >= 0.3 is 0 Å². The zero-order chi connectivity index (χ0) is 17.4. The number of halogens is 1. The van der Waals surface area contributed by atoms with Crippen LogP contribution < -0.4 is 10.6 Å². The zero-order valence-corrected chi connectivity index (χ0v) is 17.7. The molecule has 1 amide bonds. The molecule has 2 N–H and O–H groups in total. The fourth-order valence-electron chi connectivity index (χ4n) is 2.87. The predicted molar refractivity (Wildman–Crippen MR) is 110 cm³/mol. The van der Waals surface area contributed by atoms with Crippen LogP contribution in [-0.4, -0.2) is 69.0 Å². The lowest BCUT2D eigenvalue weighted by atomic mass is 10.2. The minimum atomic E-state index is 0. The summed E-state index contributed by atoms with van der Waals surface area (Å²) in [5.41, 5.74) is 0. The molecule has 0 spiro atoms. The number of likely N-dealkylation sites (tertiary alicyclic amines) is 1. The van der Waals surface area contributed by atoms with Gasteiger partial charge in [-0.15, -0.1) is 24.0 Å². The topological polar surface area (TPSA) is 73.1 Å². The Bertz CT molecular complexity index is 527. The smallest absolute Gasteiger partial charge is 0.223 e. The van der Waals surface area contributed by atoms with Gasteiger partial charge in [0.2, 0.25) is 5.91 Å². The fourth-order valence-corrected chi connectivity index (χ4v) is 2.87. The Labute approximate surface area is 167 Å². The van der Waals surface area contributed by atoms with Crippen molar-refractivity contribution < 1.29 is 9.21 Å². The van der Waals surface area contributed by atoms with Crippen molar-refractivity contribution in [2.45, 2.75) is 25.3 Å². The standard InChI is InChI=1S/C17H29N5O2.HI/c1-18-17(19-9-8-16(23)21(2)3)20-13-14(15-7-6-12-24-15)22-10-4-5-11-22;/h6-7,12,14H,4-5,8-11,13H2,1-3H3,(H2,18,19,20);1H. The zero-order valence-electron chi connectivity index (χ0n) is 15.3. The molecule has 0 radical (unpaired) electrons. The van der Waals surface area contributed by atoms with E-state index in [0.717, 1.165) is 25.4 Å². The van der Waals surface area contributed by atoms with Crippen LogP contribution >= 0.6 is 24.0 Å². The number of nitrogens with one attached hydrogen (secondary N) is 2. The molecule has 7 nitrogen and oxygen atoms in total. The Morgan fingerprint density at radius 1 is 1.36 bits per heavy atom. The number of carbonyl (C=O) groups is 1. The fraction of sp³-hybridized carbons (Fsp3) is 0.647. The SMILES string of the molecule is CN=C(NCCC(=O)N(C)C)NCC(c1ccco1)N1CCCC1.I. The van der Waals surface area contributed by atoms with Crippen LogP contribution in [0.15, 0.2) is 27.8 Å². The molecule has 0 aliphatic carbocycles. The first-order chi connectivity index (χ1) is 11.6. The van der Waals surface area contributed by atoms with E-state index in [1.54, 1.807) is 32.3 Å². The average molecular weight is 463 g/mol. The van der Waals surface area contributed by atoms with Gasteiger partial charge in [0.1, 0.15) is 5.76 Å². The summed E-state index contributed by atoms with van der Waals surface area (Å²) in [4.78, 5) is 19.9. The van der Waals surface area contributed by atoms with Gasteiger partial charge in [-0.1, -0.05) is 0 Å². The minimum absolute atomic E-state index is 0. The van der Waals surface area contributed by atoms with Crippen LogP contribution in [0.25, 0.3) is 0 Å². The number of furan rings is 1. The number of carbonyl (C=O) groups excluding carboxylic acids is 1. The van der Waals surface area contributed by atoms with E-state index in [1.807, 2.05) is 12.1 Å². The third-order valence-corrected chi connectivity index (χ3v) is 4.27. The first kappa shape index (κ1) is 21.8. The van der Waals surface area contributed by atoms with Gasteiger partial charge in [-0.05, 0) is 38.1 Å². The van der Waals surface area contributed by atoms with Crippen molar-refractivity contribution >= 4 is 35.8 Å². The van der Waals surface area contributed by atoms with Gasteiger partial charge in [0.25, 0.3) is 0 Å². The molecule has 1 aliphatic rings. The first-order valence-electron chi connectivity index (χ1n) is 8.54. The normalized spacial score (nSPS) is 16.2. The summed E-state index contributed by atoms with van der Waals surface area (Å²) in [6.45, 7) is 3.47. The highest BCUT2D eigenvalue weighted by molar-refractivity contribution is 14.0. The van der Waals surface area contributed by atoms with Crippen LogP contribution in [0.3, 0.4) is 0 Å². The Hall–Kier alpha value is -1.29. The Balaban J connectivity index is 0.00000312. The highest BCUT2D eigenvalue weighted by Crippen LogP contribution is 2.24. The molecule has 0 bridgehead atoms. The van der Waals surface area contributed by atoms with Gasteiger partial charge in [0, 0.05) is 40.7 Å². The molecule has 1 aromatic rings. The van der Waals surface area contributed by atoms with Gasteiger partial charge < -0.3 is 20.0 Å². The predicted octanol–water partition coefficient (Wildman–Crippen LogP) is 1.68. The largest absolute Gasteiger partial charge is 0.468 e. The van der Waals surface area contributed by atoms with Crippen LogP contribution in [0.5, 0.6) is 0 Å². The number of hydrogen-bond donors (Lipinski definition) is 2. The van der Waals surface area contributed by atoms with Crippen LogP contribution in [0, 0.1) is 0 Å². The van der Waals surface area contributed by atoms with E-state index in [0.29, 0.717) is 18.9 Å². The van der Waals surface area contributed by atoms with E-state index in [9.17, 15) is 4.79 Å². The molecule has 1 atom stereocenters. The minimum Gasteiger partial charge on any atom is -0.468 e. The van der Waals surface area contributed by atoms with Gasteiger partial charge in [0.15, 0.2) is 5.96 Å². The van der Waals surface area contributed by atoms with E-state index in [-0.39, 0.29) is 35.9 Å². The maximum atomic E-state index is 11.6. The summed E-state index contributed by atoms with van der Waals surface area (Å²) in [7, 11) is 5.26. The van der Waals surface area contributed by atoms with Gasteiger partial charge in [-0.3, -0.25) is 14.7 Å². The Morgan fingerprint density at radius 3 is 2.64 bits per heavy atom. The van der Waals surface area contributed by atoms with E-state index >= 15 is 0 Å². The molecule has 1 unspecified atom stereocenters. The van der Waals surface area contributed by atoms with Crippen LogP contribution in [-0.2, 0) is 4.79 Å². The van der Waals surface area contributed by atoms with E-state index < -0.39 is 0 Å². The highest BCUT2D eigenvalue weighted by Gasteiger charge is 2.25. The third-order valence-electron chi connectivity index (χ3n) is 4.27. The third kappa shape index (κ3) is 6.85. The van der Waals surface area contributed by atoms with Gasteiger partial charge in [-0.2, -0.15) is 0 Å². The molecule has 8 heteroatoms. The van der Waals surface area contributed by atoms with Gasteiger partial charge in [0.05, 0.1) is 12.3 Å². The number of rotatable bonds is 7. The Kier molecular flexibility index (Phi) is 9.88. The number of hydrogen-bond acceptors (Lipinski definition) is 4. The van der Waals surface area contributed by atoms with Crippen LogP contribution in [0.1, 0.15) is 31.1 Å². The molecule has 0 aromatic carbocycles. The molecule has 2 heterocycles. The summed E-state index contributed by atoms with van der Waals surface area (Å²) in [6.07, 6.45) is 4.63. The molecule has 2 rings (SSSR count). The van der Waals surface area contributed by atoms with Crippen molar-refractivity contribution in [3.05, 3.63) is 24.2 Å².